The largest absolute Gasteiger partial charge is 0.408 e. The summed E-state index contributed by atoms with van der Waals surface area (Å²) in [5.41, 5.74) is 0. The third-order valence-electron chi connectivity index (χ3n) is 3.12. The Balaban J connectivity index is 2.12. The van der Waals surface area contributed by atoms with Crippen molar-refractivity contribution >= 4 is 12.0 Å². The zero-order valence-electron chi connectivity index (χ0n) is 10.2. The van der Waals surface area contributed by atoms with E-state index in [1.165, 1.54) is 4.90 Å². The Morgan fingerprint density at radius 3 is 2.68 bits per heavy atom. The van der Waals surface area contributed by atoms with Gasteiger partial charge in [-0.1, -0.05) is 5.16 Å². The van der Waals surface area contributed by atoms with Crippen molar-refractivity contribution in [2.24, 2.45) is 5.16 Å². The summed E-state index contributed by atoms with van der Waals surface area (Å²) >= 11 is 0. The van der Waals surface area contributed by atoms with Gasteiger partial charge in [0.15, 0.2) is 6.23 Å². The number of ether oxygens (including phenoxy) is 1. The maximum atomic E-state index is 11.8. The van der Waals surface area contributed by atoms with Gasteiger partial charge in [0.1, 0.15) is 18.3 Å². The molecule has 10 nitrogen and oxygen atoms in total. The summed E-state index contributed by atoms with van der Waals surface area (Å²) in [5.74, 6) is -0.0343. The van der Waals surface area contributed by atoms with Gasteiger partial charge in [0.2, 0.25) is 5.96 Å². The summed E-state index contributed by atoms with van der Waals surface area (Å²) < 4.78 is 5.25. The Kier molecular flexibility index (Phi) is 3.75. The van der Waals surface area contributed by atoms with E-state index in [0.717, 1.165) is 4.90 Å². The molecule has 2 aliphatic heterocycles. The normalized spacial score (nSPS) is 37.9. The average Bonchev–Trinajstić information content (AvgIpc) is 2.68. The lowest BCUT2D eigenvalue weighted by Gasteiger charge is -2.38. The number of hydrogen-bond acceptors (Lipinski definition) is 7. The second kappa shape index (κ2) is 5.17. The van der Waals surface area contributed by atoms with Gasteiger partial charge in [0.25, 0.3) is 0 Å². The number of urea groups is 1. The molecule has 0 aromatic rings. The van der Waals surface area contributed by atoms with E-state index in [4.69, 9.17) is 15.1 Å². The summed E-state index contributed by atoms with van der Waals surface area (Å²) in [6, 6.07) is -0.638. The van der Waals surface area contributed by atoms with E-state index in [1.54, 1.807) is 7.05 Å². The molecule has 0 aromatic carbocycles. The second-order valence-corrected chi connectivity index (χ2v) is 4.39. The van der Waals surface area contributed by atoms with Gasteiger partial charge < -0.3 is 30.2 Å². The number of oxime groups is 1. The van der Waals surface area contributed by atoms with E-state index in [9.17, 15) is 15.0 Å². The van der Waals surface area contributed by atoms with Crippen LogP contribution in [0.1, 0.15) is 0 Å². The highest BCUT2D eigenvalue weighted by molar-refractivity contribution is 5.97. The number of carbonyl (C=O) groups excluding carboxylic acids is 1. The Morgan fingerprint density at radius 1 is 1.47 bits per heavy atom. The molecular weight excluding hydrogens is 260 g/mol. The van der Waals surface area contributed by atoms with Gasteiger partial charge >= 0.3 is 6.03 Å². The number of carbonyl (C=O) groups is 1. The summed E-state index contributed by atoms with van der Waals surface area (Å²) in [6.45, 7) is -0.471. The van der Waals surface area contributed by atoms with Crippen LogP contribution in [0.15, 0.2) is 5.16 Å². The fourth-order valence-electron chi connectivity index (χ4n) is 2.06. The molecule has 0 spiro atoms. The van der Waals surface area contributed by atoms with Crippen LogP contribution >= 0.6 is 0 Å². The van der Waals surface area contributed by atoms with Crippen molar-refractivity contribution < 1.29 is 30.1 Å². The van der Waals surface area contributed by atoms with Gasteiger partial charge in [-0.3, -0.25) is 10.2 Å². The maximum absolute atomic E-state index is 11.8. The van der Waals surface area contributed by atoms with E-state index in [2.05, 4.69) is 10.5 Å². The number of rotatable bonds is 2. The first-order valence-electron chi connectivity index (χ1n) is 5.63. The molecule has 2 amide bonds. The van der Waals surface area contributed by atoms with Crippen molar-refractivity contribution in [1.29, 1.82) is 0 Å². The summed E-state index contributed by atoms with van der Waals surface area (Å²) in [5, 5.41) is 42.3. The number of hydrogen-bond donors (Lipinski definition) is 5. The first kappa shape index (κ1) is 13.8. The molecular formula is C9H16N4O6. The predicted molar refractivity (Wildman–Crippen MR) is 60.0 cm³/mol. The molecule has 10 heteroatoms. The summed E-state index contributed by atoms with van der Waals surface area (Å²) in [4.78, 5) is 14.3. The lowest BCUT2D eigenvalue weighted by Crippen LogP contribution is -2.63. The van der Waals surface area contributed by atoms with Gasteiger partial charge in [-0.25, -0.2) is 4.79 Å². The molecule has 0 aromatic heterocycles. The predicted octanol–water partition coefficient (Wildman–Crippen LogP) is -2.91. The van der Waals surface area contributed by atoms with E-state index in [0.29, 0.717) is 0 Å². The van der Waals surface area contributed by atoms with Crippen molar-refractivity contribution in [2.45, 2.75) is 24.5 Å². The molecule has 4 atom stereocenters. The lowest BCUT2D eigenvalue weighted by molar-refractivity contribution is -0.0888. The molecule has 2 heterocycles. The number of aliphatic hydroxyl groups is 3. The smallest absolute Gasteiger partial charge is 0.327 e. The Hall–Kier alpha value is -1.62. The zero-order valence-corrected chi connectivity index (χ0v) is 10.2. The first-order chi connectivity index (χ1) is 8.99. The third-order valence-corrected chi connectivity index (χ3v) is 3.12. The number of nitrogens with one attached hydrogen (secondary N) is 1. The Morgan fingerprint density at radius 2 is 2.16 bits per heavy atom. The van der Waals surface area contributed by atoms with Crippen molar-refractivity contribution in [1.82, 2.24) is 15.1 Å². The molecule has 0 bridgehead atoms. The molecule has 0 radical (unpaired) electrons. The molecule has 2 rings (SSSR count). The van der Waals surface area contributed by atoms with Crippen LogP contribution in [-0.2, 0) is 4.74 Å². The molecule has 0 aliphatic carbocycles. The molecule has 2 saturated heterocycles. The third kappa shape index (κ3) is 2.30. The van der Waals surface area contributed by atoms with Crippen LogP contribution in [0.5, 0.6) is 0 Å². The highest BCUT2D eigenvalue weighted by Crippen LogP contribution is 2.25. The second-order valence-electron chi connectivity index (χ2n) is 4.39. The number of guanidine groups is 1. The minimum Gasteiger partial charge on any atom is -0.408 e. The van der Waals surface area contributed by atoms with Crippen LogP contribution < -0.4 is 5.32 Å². The lowest BCUT2D eigenvalue weighted by atomic mass is 10.1. The molecule has 2 fully saturated rings. The van der Waals surface area contributed by atoms with Crippen LogP contribution in [0.25, 0.3) is 0 Å². The summed E-state index contributed by atoms with van der Waals surface area (Å²) in [6.07, 6.45) is -4.65. The van der Waals surface area contributed by atoms with Crippen molar-refractivity contribution in [3.8, 4) is 0 Å². The molecule has 2 unspecified atom stereocenters. The molecule has 0 saturated carbocycles. The van der Waals surface area contributed by atoms with Gasteiger partial charge in [0.05, 0.1) is 13.3 Å². The van der Waals surface area contributed by atoms with Gasteiger partial charge in [0, 0.05) is 7.05 Å². The summed E-state index contributed by atoms with van der Waals surface area (Å²) in [7, 11) is 1.56. The highest BCUT2D eigenvalue weighted by Gasteiger charge is 2.48. The number of nitrogens with zero attached hydrogens (tertiary/aromatic N) is 3. The van der Waals surface area contributed by atoms with Crippen LogP contribution in [0.2, 0.25) is 0 Å². The number of aliphatic hydroxyl groups excluding tert-OH is 3. The quantitative estimate of drug-likeness (QED) is 0.269. The van der Waals surface area contributed by atoms with E-state index in [-0.39, 0.29) is 12.6 Å². The average molecular weight is 276 g/mol. The minimum atomic E-state index is -1.33. The van der Waals surface area contributed by atoms with E-state index >= 15 is 0 Å². The number of amides is 2. The fourth-order valence-corrected chi connectivity index (χ4v) is 2.06. The standard InChI is InChI=1S/C9H16N4O6/c1-12-3-13(9(17)10-8(12)11-18)7-6(16)5(15)4(2-14)19-7/h4-7,14-16,18H,2-3H2,1H3,(H,10,11,17)/t4-,5?,6?,7-/m1/s1. The Bertz CT molecular complexity index is 391. The van der Waals surface area contributed by atoms with Crippen LogP contribution in [0, 0.1) is 0 Å². The molecule has 2 aliphatic rings. The SMILES string of the molecule is CN1CN([C@@H]2O[C@H](CO)C(O)C2O)C(=O)NC1=NO. The van der Waals surface area contributed by atoms with E-state index < -0.39 is 37.2 Å². The van der Waals surface area contributed by atoms with E-state index in [1.807, 2.05) is 0 Å². The Labute approximate surface area is 108 Å². The fraction of sp³-hybridized carbons (Fsp3) is 0.778. The van der Waals surface area contributed by atoms with Gasteiger partial charge in [-0.05, 0) is 0 Å². The first-order valence-corrected chi connectivity index (χ1v) is 5.63. The zero-order chi connectivity index (χ0) is 14.2. The van der Waals surface area contributed by atoms with Crippen LogP contribution in [-0.4, -0.2) is 87.2 Å². The highest BCUT2D eigenvalue weighted by atomic mass is 16.6. The van der Waals surface area contributed by atoms with Crippen molar-refractivity contribution in [2.75, 3.05) is 20.3 Å². The molecule has 5 N–H and O–H groups in total. The molecule has 108 valence electrons. The van der Waals surface area contributed by atoms with Crippen LogP contribution in [0.4, 0.5) is 4.79 Å². The minimum absolute atomic E-state index is 0.00216. The van der Waals surface area contributed by atoms with Gasteiger partial charge in [-0.2, -0.15) is 0 Å². The molecule has 19 heavy (non-hydrogen) atoms. The van der Waals surface area contributed by atoms with Crippen LogP contribution in [0.3, 0.4) is 0 Å². The van der Waals surface area contributed by atoms with Gasteiger partial charge in [-0.15, -0.1) is 0 Å². The maximum Gasteiger partial charge on any atom is 0.327 e. The topological polar surface area (TPSA) is 138 Å². The van der Waals surface area contributed by atoms with Crippen molar-refractivity contribution in [3.63, 3.8) is 0 Å². The van der Waals surface area contributed by atoms with Crippen molar-refractivity contribution in [3.05, 3.63) is 0 Å². The monoisotopic (exact) mass is 276 g/mol.